The van der Waals surface area contributed by atoms with Crippen LogP contribution in [0, 0.1) is 5.92 Å². The average Bonchev–Trinajstić information content (AvgIpc) is 3.65. The van der Waals surface area contributed by atoms with Crippen molar-refractivity contribution in [3.05, 3.63) is 94.8 Å². The molecule has 4 amide bonds. The van der Waals surface area contributed by atoms with Crippen molar-refractivity contribution in [3.63, 3.8) is 0 Å². The maximum absolute atomic E-state index is 14.7. The monoisotopic (exact) mass is 799 g/mol. The molecule has 3 unspecified atom stereocenters. The molecule has 18 heteroatoms. The Balaban J connectivity index is 0.000000701. The molecule has 2 heterocycles. The molecule has 300 valence electrons. The smallest absolute Gasteiger partial charge is 0.405 e. The predicted molar refractivity (Wildman–Crippen MR) is 191 cm³/mol. The van der Waals surface area contributed by atoms with E-state index in [1.54, 1.807) is 43.5 Å². The van der Waals surface area contributed by atoms with Gasteiger partial charge in [0.15, 0.2) is 0 Å². The van der Waals surface area contributed by atoms with Gasteiger partial charge in [-0.25, -0.2) is 0 Å². The van der Waals surface area contributed by atoms with Gasteiger partial charge in [0.2, 0.25) is 11.8 Å². The molecule has 1 aromatic heterocycles. The molecule has 1 aliphatic rings. The van der Waals surface area contributed by atoms with E-state index in [1.165, 1.54) is 31.0 Å². The van der Waals surface area contributed by atoms with Crippen LogP contribution in [-0.2, 0) is 27.4 Å². The Labute approximate surface area is 319 Å². The zero-order valence-electron chi connectivity index (χ0n) is 30.2. The number of carbonyl (C=O) groups is 4. The van der Waals surface area contributed by atoms with Gasteiger partial charge in [0, 0.05) is 24.2 Å². The fraction of sp³-hybridized carbons (Fsp3) is 0.432. The van der Waals surface area contributed by atoms with Crippen LogP contribution in [0.5, 0.6) is 5.75 Å². The first kappa shape index (κ1) is 44.5. The van der Waals surface area contributed by atoms with Gasteiger partial charge < -0.3 is 35.8 Å². The number of alkyl halides is 5. The summed E-state index contributed by atoms with van der Waals surface area (Å²) in [6.45, 7) is 0.823. The van der Waals surface area contributed by atoms with Crippen molar-refractivity contribution in [2.24, 2.45) is 5.92 Å². The number of rotatable bonds is 14. The van der Waals surface area contributed by atoms with Crippen LogP contribution >= 0.6 is 11.6 Å². The van der Waals surface area contributed by atoms with Crippen molar-refractivity contribution in [2.45, 2.75) is 76.0 Å². The molecule has 55 heavy (non-hydrogen) atoms. The molecule has 1 saturated heterocycles. The molecule has 4 rings (SSSR count). The van der Waals surface area contributed by atoms with Gasteiger partial charge in [0.1, 0.15) is 36.2 Å². The first-order valence-corrected chi connectivity index (χ1v) is 17.5. The molecule has 12 nitrogen and oxygen atoms in total. The zero-order valence-corrected chi connectivity index (χ0v) is 30.9. The number of aromatic nitrogens is 1. The molecule has 0 saturated carbocycles. The van der Waals surface area contributed by atoms with Crippen molar-refractivity contribution < 1.29 is 56.1 Å². The second kappa shape index (κ2) is 20.2. The molecule has 1 fully saturated rings. The first-order chi connectivity index (χ1) is 25.9. The average molecular weight is 800 g/mol. The van der Waals surface area contributed by atoms with Crippen LogP contribution in [0.25, 0.3) is 0 Å². The molecule has 4 atom stereocenters. The summed E-state index contributed by atoms with van der Waals surface area (Å²) in [5.74, 6) is -9.40. The van der Waals surface area contributed by atoms with Crippen LogP contribution in [-0.4, -0.2) is 100 Å². The number of carbonyl (C=O) groups excluding carboxylic acids is 4. The van der Waals surface area contributed by atoms with E-state index in [0.29, 0.717) is 17.0 Å². The molecule has 0 aliphatic carbocycles. The maximum atomic E-state index is 14.7. The van der Waals surface area contributed by atoms with E-state index >= 15 is 0 Å². The van der Waals surface area contributed by atoms with Gasteiger partial charge in [-0.2, -0.15) is 22.0 Å². The topological polar surface area (TPSA) is 170 Å². The predicted octanol–water partition coefficient (Wildman–Crippen LogP) is 4.07. The third-order valence-electron chi connectivity index (χ3n) is 8.50. The third-order valence-corrected chi connectivity index (χ3v) is 8.74. The normalized spacial score (nSPS) is 15.9. The molecule has 1 aliphatic heterocycles. The highest BCUT2D eigenvalue weighted by atomic mass is 35.5. The summed E-state index contributed by atoms with van der Waals surface area (Å²) >= 11 is 6.10. The highest BCUT2D eigenvalue weighted by Gasteiger charge is 2.52. The highest BCUT2D eigenvalue weighted by Crippen LogP contribution is 2.27. The lowest BCUT2D eigenvalue weighted by molar-refractivity contribution is -0.175. The van der Waals surface area contributed by atoms with E-state index in [9.17, 15) is 46.2 Å². The van der Waals surface area contributed by atoms with E-state index in [4.69, 9.17) is 21.4 Å². The van der Waals surface area contributed by atoms with Crippen LogP contribution in [0.4, 0.5) is 22.0 Å². The van der Waals surface area contributed by atoms with Gasteiger partial charge in [0.25, 0.3) is 11.8 Å². The Kier molecular flexibility index (Phi) is 16.3. The number of aliphatic hydroxyl groups excluding tert-OH is 2. The van der Waals surface area contributed by atoms with Gasteiger partial charge in [0.05, 0.1) is 19.8 Å². The van der Waals surface area contributed by atoms with Crippen LogP contribution < -0.4 is 20.7 Å². The number of hydrogen-bond acceptors (Lipinski definition) is 8. The van der Waals surface area contributed by atoms with Crippen molar-refractivity contribution in [1.82, 2.24) is 25.8 Å². The number of likely N-dealkylation sites (tertiary alicyclic amines) is 1. The van der Waals surface area contributed by atoms with E-state index < -0.39 is 72.4 Å². The zero-order chi connectivity index (χ0) is 40.9. The number of halogens is 6. The van der Waals surface area contributed by atoms with Gasteiger partial charge in [-0.1, -0.05) is 55.8 Å². The minimum absolute atomic E-state index is 0.0185. The molecular formula is C37H43ClF5N5O7. The molecule has 5 N–H and O–H groups in total. The van der Waals surface area contributed by atoms with Crippen molar-refractivity contribution in [2.75, 3.05) is 20.2 Å². The van der Waals surface area contributed by atoms with Crippen molar-refractivity contribution in [1.29, 1.82) is 0 Å². The van der Waals surface area contributed by atoms with Gasteiger partial charge in [-0.3, -0.25) is 24.2 Å². The lowest BCUT2D eigenvalue weighted by Crippen LogP contribution is -2.62. The lowest BCUT2D eigenvalue weighted by atomic mass is 9.93. The number of hydrogen-bond donors (Lipinski definition) is 5. The van der Waals surface area contributed by atoms with Crippen molar-refractivity contribution in [3.8, 4) is 5.75 Å². The fourth-order valence-electron chi connectivity index (χ4n) is 5.59. The Morgan fingerprint density at radius 3 is 2.24 bits per heavy atom. The summed E-state index contributed by atoms with van der Waals surface area (Å²) in [6.07, 6.45) is -6.04. The first-order valence-electron chi connectivity index (χ1n) is 17.1. The second-order valence-corrected chi connectivity index (χ2v) is 13.4. The Morgan fingerprint density at radius 2 is 1.67 bits per heavy atom. The summed E-state index contributed by atoms with van der Waals surface area (Å²) < 4.78 is 71.7. The summed E-state index contributed by atoms with van der Waals surface area (Å²) in [7, 11) is 1.62. The SMILES string of the molecule is CC(C)[C@H](NC(=O)C1CCCN1C(=O)C(Cc1cccc(Cl)c1)NC(=O)c1ccccn1)C(O)C(F)(F)C(=O)NCC(F)(F)F.COc1ccc(CO)cc1. The fourth-order valence-corrected chi connectivity index (χ4v) is 5.80. The quantitative estimate of drug-likeness (QED) is 0.152. The maximum Gasteiger partial charge on any atom is 0.405 e. The molecule has 0 bridgehead atoms. The number of pyridine rings is 1. The lowest BCUT2D eigenvalue weighted by Gasteiger charge is -2.34. The number of ether oxygens (including phenoxy) is 1. The molecular weight excluding hydrogens is 757 g/mol. The van der Waals surface area contributed by atoms with E-state index in [0.717, 1.165) is 16.6 Å². The van der Waals surface area contributed by atoms with E-state index in [2.05, 4.69) is 15.6 Å². The Bertz CT molecular complexity index is 1710. The second-order valence-electron chi connectivity index (χ2n) is 12.9. The summed E-state index contributed by atoms with van der Waals surface area (Å²) in [5.41, 5.74) is 1.53. The summed E-state index contributed by atoms with van der Waals surface area (Å²) in [6, 6.07) is 14.3. The standard InChI is InChI=1S/C29H33ClF5N5O5.C8H10O2/c1-16(2)22(23(41)29(34,35)27(45)37-15-28(31,32)33)39-25(43)21-10-6-12-40(21)26(44)20(14-17-7-5-8-18(30)13-17)38-24(42)19-9-3-4-11-36-19;1-10-8-4-2-7(6-9)3-5-8/h3-5,7-9,11,13,16,20-23,41H,6,10,12,14-15H2,1-2H3,(H,37,45)(H,38,42)(H,39,43);2-5,9H,6H2,1H3/t20?,21?,22-,23?;/m0./s1. The summed E-state index contributed by atoms with van der Waals surface area (Å²) in [5, 5.41) is 25.4. The summed E-state index contributed by atoms with van der Waals surface area (Å²) in [4.78, 5) is 57.2. The molecule has 2 aromatic carbocycles. The minimum atomic E-state index is -4.97. The number of nitrogens with zero attached hydrogens (tertiary/aromatic N) is 2. The van der Waals surface area contributed by atoms with Crippen LogP contribution in [0.15, 0.2) is 72.9 Å². The van der Waals surface area contributed by atoms with Crippen LogP contribution in [0.3, 0.4) is 0 Å². The molecule has 3 aromatic rings. The number of nitrogens with one attached hydrogen (secondary N) is 3. The largest absolute Gasteiger partial charge is 0.497 e. The Morgan fingerprint density at radius 1 is 0.982 bits per heavy atom. The minimum Gasteiger partial charge on any atom is -0.497 e. The van der Waals surface area contributed by atoms with Gasteiger partial charge in [-0.05, 0) is 66.3 Å². The van der Waals surface area contributed by atoms with Crippen molar-refractivity contribution >= 4 is 35.2 Å². The Hall–Kier alpha value is -4.87. The van der Waals surface area contributed by atoms with Gasteiger partial charge in [-0.15, -0.1) is 0 Å². The van der Waals surface area contributed by atoms with Gasteiger partial charge >= 0.3 is 12.1 Å². The number of aliphatic hydroxyl groups is 2. The van der Waals surface area contributed by atoms with E-state index in [-0.39, 0.29) is 31.7 Å². The molecule has 0 radical (unpaired) electrons. The van der Waals surface area contributed by atoms with E-state index in [1.807, 2.05) is 24.3 Å². The highest BCUT2D eigenvalue weighted by molar-refractivity contribution is 6.30. The third kappa shape index (κ3) is 13.1. The molecule has 0 spiro atoms. The number of benzene rings is 2. The van der Waals surface area contributed by atoms with Crippen LogP contribution in [0.1, 0.15) is 48.3 Å². The van der Waals surface area contributed by atoms with Crippen LogP contribution in [0.2, 0.25) is 5.02 Å². The number of methoxy groups -OCH3 is 1. The number of amides is 4.